The molecule has 7 aliphatic heterocycles. The van der Waals surface area contributed by atoms with Gasteiger partial charge < -0.3 is 10.6 Å². The first-order valence-electron chi connectivity index (χ1n) is 17.6. The standard InChI is InChI=1S/C44H26N4S4/c1-5-13-33-21(9-1)37-25-17-30-42-39(23-11-3-6-14-34(23)50-42)27(46-30)19-32-44-40(24-12-4-8-16-36(24)52-44)28(48-32)20-31-43-38(22-10-2-7-15-35(22)51-43)26(47-31)18-29(45-25)41(37)49-33/h1-20,25,37,40,44-45,48H/b26-18-,28-20-,30-17?,32-19?. The zero-order valence-electron chi connectivity index (χ0n) is 27.4. The Kier molecular flexibility index (Phi) is 5.73. The van der Waals surface area contributed by atoms with Crippen LogP contribution in [0.25, 0.3) is 31.6 Å². The maximum Gasteiger partial charge on any atom is 0.0834 e. The van der Waals surface area contributed by atoms with Gasteiger partial charge in [0.1, 0.15) is 0 Å². The van der Waals surface area contributed by atoms with E-state index in [9.17, 15) is 0 Å². The van der Waals surface area contributed by atoms with Gasteiger partial charge in [0, 0.05) is 74.9 Å². The summed E-state index contributed by atoms with van der Waals surface area (Å²) < 4.78 is 2.60. The van der Waals surface area contributed by atoms with E-state index in [1.54, 1.807) is 0 Å². The van der Waals surface area contributed by atoms with E-state index >= 15 is 0 Å². The van der Waals surface area contributed by atoms with Crippen LogP contribution in [0.3, 0.4) is 0 Å². The minimum atomic E-state index is 0.0543. The Balaban J connectivity index is 1.09. The van der Waals surface area contributed by atoms with E-state index in [1.165, 1.54) is 78.3 Å². The number of thioether (sulfide) groups is 2. The maximum absolute atomic E-state index is 5.50. The van der Waals surface area contributed by atoms with Crippen molar-refractivity contribution in [3.63, 3.8) is 0 Å². The lowest BCUT2D eigenvalue weighted by atomic mass is 9.92. The van der Waals surface area contributed by atoms with Gasteiger partial charge in [0.15, 0.2) is 0 Å². The third kappa shape index (κ3) is 3.85. The molecule has 7 aliphatic rings. The minimum absolute atomic E-state index is 0.0543. The van der Waals surface area contributed by atoms with Crippen molar-refractivity contribution in [2.24, 2.45) is 9.98 Å². The molecule has 0 radical (unpaired) electrons. The zero-order chi connectivity index (χ0) is 33.7. The molecule has 0 aliphatic carbocycles. The molecule has 246 valence electrons. The third-order valence-corrected chi connectivity index (χ3v) is 16.4. The SMILES string of the molecule is C1=C2N=C(C=C3N/C(=C\C4=NC(=C\C5=C6Sc7ccccc7C6C1N5)/c1c4sc4ccccc14)C1c4ccccc4SC31)c1c2sc2ccccc12. The Morgan fingerprint density at radius 3 is 2.10 bits per heavy atom. The summed E-state index contributed by atoms with van der Waals surface area (Å²) in [6.45, 7) is 0. The summed E-state index contributed by atoms with van der Waals surface area (Å²) in [4.78, 5) is 17.6. The quantitative estimate of drug-likeness (QED) is 0.163. The van der Waals surface area contributed by atoms with Crippen LogP contribution < -0.4 is 10.6 Å². The monoisotopic (exact) mass is 738 g/mol. The average Bonchev–Trinajstić information content (AvgIpc) is 4.02. The van der Waals surface area contributed by atoms with Crippen molar-refractivity contribution in [3.05, 3.63) is 175 Å². The van der Waals surface area contributed by atoms with E-state index in [2.05, 4.69) is 132 Å². The zero-order valence-corrected chi connectivity index (χ0v) is 30.6. The third-order valence-electron chi connectivity index (χ3n) is 11.3. The van der Waals surface area contributed by atoms with Crippen molar-refractivity contribution in [3.8, 4) is 0 Å². The van der Waals surface area contributed by atoms with E-state index in [0.717, 1.165) is 28.5 Å². The highest BCUT2D eigenvalue weighted by Crippen LogP contribution is 2.57. The summed E-state index contributed by atoms with van der Waals surface area (Å²) in [6, 6.07) is 35.5. The van der Waals surface area contributed by atoms with E-state index in [1.807, 2.05) is 46.2 Å². The van der Waals surface area contributed by atoms with Crippen molar-refractivity contribution < 1.29 is 0 Å². The Morgan fingerprint density at radius 1 is 0.577 bits per heavy atom. The second kappa shape index (κ2) is 10.4. The van der Waals surface area contributed by atoms with Gasteiger partial charge in [-0.2, -0.15) is 0 Å². The van der Waals surface area contributed by atoms with Gasteiger partial charge in [-0.3, -0.25) is 0 Å². The van der Waals surface area contributed by atoms with Crippen LogP contribution in [0.1, 0.15) is 43.8 Å². The molecular formula is C44H26N4S4. The summed E-state index contributed by atoms with van der Waals surface area (Å²) in [7, 11) is 0. The number of fused-ring (bicyclic) bond motifs is 25. The summed E-state index contributed by atoms with van der Waals surface area (Å²) in [5.41, 5.74) is 13.0. The molecule has 6 aromatic rings. The Labute approximate surface area is 316 Å². The van der Waals surface area contributed by atoms with E-state index < -0.39 is 0 Å². The highest BCUT2D eigenvalue weighted by Gasteiger charge is 2.45. The van der Waals surface area contributed by atoms with Crippen LogP contribution in [-0.2, 0) is 0 Å². The first kappa shape index (κ1) is 28.7. The molecular weight excluding hydrogens is 713 g/mol. The molecule has 4 unspecified atom stereocenters. The normalized spacial score (nSPS) is 26.2. The number of nitrogens with zero attached hydrogens (tertiary/aromatic N) is 2. The predicted molar refractivity (Wildman–Crippen MR) is 220 cm³/mol. The largest absolute Gasteiger partial charge is 0.377 e. The van der Waals surface area contributed by atoms with Crippen LogP contribution in [0.15, 0.2) is 163 Å². The highest BCUT2D eigenvalue weighted by molar-refractivity contribution is 8.03. The molecule has 2 N–H and O–H groups in total. The molecule has 4 aromatic carbocycles. The predicted octanol–water partition coefficient (Wildman–Crippen LogP) is 10.8. The summed E-state index contributed by atoms with van der Waals surface area (Å²) in [5, 5.41) is 10.8. The maximum atomic E-state index is 5.50. The molecule has 13 rings (SSSR count). The first-order valence-corrected chi connectivity index (χ1v) is 21.0. The Bertz CT molecular complexity index is 2890. The van der Waals surface area contributed by atoms with Crippen LogP contribution in [-0.4, -0.2) is 22.7 Å². The lowest BCUT2D eigenvalue weighted by Crippen LogP contribution is -2.25. The van der Waals surface area contributed by atoms with Gasteiger partial charge >= 0.3 is 0 Å². The fourth-order valence-electron chi connectivity index (χ4n) is 9.12. The number of allylic oxidation sites excluding steroid dienone is 4. The van der Waals surface area contributed by atoms with Crippen molar-refractivity contribution in [1.29, 1.82) is 0 Å². The fraction of sp³-hybridized carbons (Fsp3) is 0.0909. The molecule has 0 amide bonds. The van der Waals surface area contributed by atoms with Gasteiger partial charge in [-0.1, -0.05) is 84.6 Å². The number of rotatable bonds is 0. The minimum Gasteiger partial charge on any atom is -0.377 e. The second-order valence-electron chi connectivity index (χ2n) is 14.1. The molecule has 1 fully saturated rings. The molecule has 8 heteroatoms. The van der Waals surface area contributed by atoms with E-state index in [4.69, 9.17) is 9.98 Å². The second-order valence-corrected chi connectivity index (χ2v) is 18.5. The van der Waals surface area contributed by atoms with Crippen molar-refractivity contribution in [1.82, 2.24) is 10.6 Å². The Morgan fingerprint density at radius 2 is 1.25 bits per heavy atom. The molecule has 8 bridgehead atoms. The topological polar surface area (TPSA) is 48.8 Å². The number of thiophene rings is 2. The van der Waals surface area contributed by atoms with Gasteiger partial charge in [0.25, 0.3) is 0 Å². The first-order chi connectivity index (χ1) is 25.7. The van der Waals surface area contributed by atoms with Crippen LogP contribution in [0.5, 0.6) is 0 Å². The summed E-state index contributed by atoms with van der Waals surface area (Å²) >= 11 is 7.60. The highest BCUT2D eigenvalue weighted by atomic mass is 32.2. The van der Waals surface area contributed by atoms with Crippen LogP contribution in [0.4, 0.5) is 0 Å². The van der Waals surface area contributed by atoms with Gasteiger partial charge in [0.05, 0.1) is 43.9 Å². The Hall–Kier alpha value is -4.86. The smallest absolute Gasteiger partial charge is 0.0834 e. The van der Waals surface area contributed by atoms with Gasteiger partial charge in [-0.05, 0) is 59.7 Å². The number of hydrogen-bond donors (Lipinski definition) is 2. The lowest BCUT2D eigenvalue weighted by Gasteiger charge is -2.17. The van der Waals surface area contributed by atoms with Crippen molar-refractivity contribution in [2.75, 3.05) is 0 Å². The van der Waals surface area contributed by atoms with Crippen LogP contribution in [0.2, 0.25) is 0 Å². The molecule has 1 saturated heterocycles. The number of hydrogen-bond acceptors (Lipinski definition) is 8. The van der Waals surface area contributed by atoms with Gasteiger partial charge in [-0.15, -0.1) is 34.4 Å². The summed E-state index contributed by atoms with van der Waals surface area (Å²) in [6.07, 6.45) is 9.45. The van der Waals surface area contributed by atoms with Crippen LogP contribution >= 0.6 is 46.2 Å². The molecule has 4 nitrogen and oxygen atoms in total. The summed E-state index contributed by atoms with van der Waals surface area (Å²) in [5.74, 6) is 0.424. The number of aliphatic imine (C=N–C) groups is 2. The molecule has 52 heavy (non-hydrogen) atoms. The van der Waals surface area contributed by atoms with E-state index in [0.29, 0.717) is 0 Å². The number of benzene rings is 4. The molecule has 0 spiro atoms. The van der Waals surface area contributed by atoms with E-state index in [-0.39, 0.29) is 23.1 Å². The molecule has 4 atom stereocenters. The fourth-order valence-corrected chi connectivity index (χ4v) is 14.2. The molecule has 9 heterocycles. The average molecular weight is 739 g/mol. The molecule has 2 aromatic heterocycles. The van der Waals surface area contributed by atoms with Gasteiger partial charge in [-0.25, -0.2) is 9.98 Å². The molecule has 0 saturated carbocycles. The van der Waals surface area contributed by atoms with Crippen molar-refractivity contribution >= 4 is 89.2 Å². The number of nitrogens with one attached hydrogen (secondary N) is 2. The van der Waals surface area contributed by atoms with Gasteiger partial charge in [0.2, 0.25) is 0 Å². The van der Waals surface area contributed by atoms with Crippen LogP contribution in [0, 0.1) is 0 Å². The lowest BCUT2D eigenvalue weighted by molar-refractivity contribution is 0.666. The van der Waals surface area contributed by atoms with Crippen molar-refractivity contribution in [2.45, 2.75) is 32.9 Å².